The van der Waals surface area contributed by atoms with Crippen LogP contribution in [0.25, 0.3) is 32.9 Å². The van der Waals surface area contributed by atoms with Gasteiger partial charge >= 0.3 is 0 Å². The Bertz CT molecular complexity index is 1430. The molecule has 0 radical (unpaired) electrons. The number of hydrazone groups is 1. The fraction of sp³-hybridized carbons (Fsp3) is 0. The minimum atomic E-state index is 0.165. The summed E-state index contributed by atoms with van der Waals surface area (Å²) in [5.74, 6) is 0.545. The van der Waals surface area contributed by atoms with Crippen LogP contribution in [0.1, 0.15) is 5.56 Å². The highest BCUT2D eigenvalue weighted by Crippen LogP contribution is 2.30. The molecule has 0 fully saturated rings. The first-order valence-corrected chi connectivity index (χ1v) is 10.5. The molecular weight excluding hydrogens is 452 g/mol. The third-order valence-electron chi connectivity index (χ3n) is 5.01. The van der Waals surface area contributed by atoms with Crippen LogP contribution in [0.4, 0.5) is 5.95 Å². The number of phenols is 1. The zero-order valence-corrected chi connectivity index (χ0v) is 17.9. The summed E-state index contributed by atoms with van der Waals surface area (Å²) in [4.78, 5) is 9.31. The summed E-state index contributed by atoms with van der Waals surface area (Å²) in [6.07, 6.45) is 1.59. The molecule has 0 saturated carbocycles. The molecule has 0 aliphatic carbocycles. The highest BCUT2D eigenvalue weighted by Gasteiger charge is 2.10. The lowest BCUT2D eigenvalue weighted by atomic mass is 10.0. The lowest BCUT2D eigenvalue weighted by Crippen LogP contribution is -2.00. The van der Waals surface area contributed by atoms with E-state index in [0.29, 0.717) is 11.5 Å². The van der Waals surface area contributed by atoms with E-state index in [9.17, 15) is 5.11 Å². The number of halogens is 1. The van der Waals surface area contributed by atoms with Gasteiger partial charge in [0.15, 0.2) is 0 Å². The topological polar surface area (TPSA) is 70.4 Å². The Labute approximate surface area is 187 Å². The van der Waals surface area contributed by atoms with Crippen LogP contribution in [0.15, 0.2) is 94.5 Å². The molecule has 4 aromatic carbocycles. The molecule has 31 heavy (non-hydrogen) atoms. The molecule has 0 unspecified atom stereocenters. The van der Waals surface area contributed by atoms with E-state index in [-0.39, 0.29) is 5.75 Å². The summed E-state index contributed by atoms with van der Waals surface area (Å²) in [7, 11) is 0. The highest BCUT2D eigenvalue weighted by atomic mass is 79.9. The largest absolute Gasteiger partial charge is 0.507 e. The highest BCUT2D eigenvalue weighted by molar-refractivity contribution is 9.10. The molecule has 5 aromatic rings. The van der Waals surface area contributed by atoms with Crippen LogP contribution in [0.2, 0.25) is 0 Å². The molecule has 0 spiro atoms. The van der Waals surface area contributed by atoms with E-state index in [1.54, 1.807) is 12.3 Å². The maximum atomic E-state index is 10.3. The number of nitrogens with one attached hydrogen (secondary N) is 1. The van der Waals surface area contributed by atoms with Crippen LogP contribution in [0.5, 0.6) is 5.75 Å². The number of fused-ring (bicyclic) bond motifs is 2. The van der Waals surface area contributed by atoms with E-state index < -0.39 is 0 Å². The molecule has 1 heterocycles. The quantitative estimate of drug-likeness (QED) is 0.237. The minimum Gasteiger partial charge on any atom is -0.507 e. The monoisotopic (exact) mass is 468 g/mol. The lowest BCUT2D eigenvalue weighted by molar-refractivity contribution is 0.475. The minimum absolute atomic E-state index is 0.165. The second-order valence-corrected chi connectivity index (χ2v) is 7.93. The van der Waals surface area contributed by atoms with Gasteiger partial charge in [-0.3, -0.25) is 0 Å². The smallest absolute Gasteiger partial charge is 0.244 e. The molecule has 2 N–H and O–H groups in total. The normalized spacial score (nSPS) is 11.4. The van der Waals surface area contributed by atoms with Gasteiger partial charge in [-0.15, -0.1) is 0 Å². The first-order valence-electron chi connectivity index (χ1n) is 9.71. The molecule has 0 aliphatic heterocycles. The van der Waals surface area contributed by atoms with Crippen LogP contribution in [-0.4, -0.2) is 21.3 Å². The summed E-state index contributed by atoms with van der Waals surface area (Å²) in [6, 6.07) is 27.3. The Balaban J connectivity index is 1.55. The van der Waals surface area contributed by atoms with Gasteiger partial charge in [-0.2, -0.15) is 5.10 Å². The summed E-state index contributed by atoms with van der Waals surface area (Å²) < 4.78 is 0.964. The van der Waals surface area contributed by atoms with Crippen molar-refractivity contribution >= 4 is 49.8 Å². The average molecular weight is 469 g/mol. The fourth-order valence-corrected chi connectivity index (χ4v) is 3.90. The maximum Gasteiger partial charge on any atom is 0.244 e. The van der Waals surface area contributed by atoms with E-state index in [1.165, 1.54) is 0 Å². The van der Waals surface area contributed by atoms with Crippen molar-refractivity contribution in [2.75, 3.05) is 5.43 Å². The van der Waals surface area contributed by atoms with E-state index in [1.807, 2.05) is 78.9 Å². The molecule has 0 atom stereocenters. The van der Waals surface area contributed by atoms with Crippen LogP contribution >= 0.6 is 15.9 Å². The number of aromatic hydroxyl groups is 1. The van der Waals surface area contributed by atoms with Gasteiger partial charge in [-0.05, 0) is 35.0 Å². The van der Waals surface area contributed by atoms with Crippen molar-refractivity contribution in [1.29, 1.82) is 0 Å². The first-order chi connectivity index (χ1) is 15.2. The van der Waals surface area contributed by atoms with Gasteiger partial charge in [-0.25, -0.2) is 15.4 Å². The molecule has 0 saturated heterocycles. The van der Waals surface area contributed by atoms with Crippen molar-refractivity contribution in [3.05, 3.63) is 95.0 Å². The van der Waals surface area contributed by atoms with E-state index in [0.717, 1.165) is 37.4 Å². The molecule has 5 rings (SSSR count). The number of aromatic nitrogens is 2. The maximum absolute atomic E-state index is 10.3. The third kappa shape index (κ3) is 3.85. The van der Waals surface area contributed by atoms with Crippen molar-refractivity contribution in [2.24, 2.45) is 5.10 Å². The summed E-state index contributed by atoms with van der Waals surface area (Å²) in [5.41, 5.74) is 6.18. The Morgan fingerprint density at radius 2 is 1.65 bits per heavy atom. The number of anilines is 1. The van der Waals surface area contributed by atoms with Gasteiger partial charge in [0.05, 0.1) is 17.4 Å². The second kappa shape index (κ2) is 8.16. The fourth-order valence-electron chi connectivity index (χ4n) is 3.54. The SMILES string of the molecule is Oc1ccc2ccccc2c1/C=N\Nc1nc(-c2ccccc2)c2cc(Br)ccc2n1. The number of phenolic OH excluding ortho intramolecular Hbond substituents is 1. The van der Waals surface area contributed by atoms with E-state index in [2.05, 4.69) is 31.4 Å². The first kappa shape index (κ1) is 19.2. The molecular formula is C25H17BrN4O. The van der Waals surface area contributed by atoms with Crippen molar-refractivity contribution in [3.8, 4) is 17.0 Å². The van der Waals surface area contributed by atoms with Crippen molar-refractivity contribution in [2.45, 2.75) is 0 Å². The number of benzene rings is 4. The van der Waals surface area contributed by atoms with Gasteiger partial charge in [-0.1, -0.05) is 76.6 Å². The average Bonchev–Trinajstić information content (AvgIpc) is 2.81. The Morgan fingerprint density at radius 3 is 2.52 bits per heavy atom. The molecule has 6 heteroatoms. The predicted octanol–water partition coefficient (Wildman–Crippen LogP) is 6.36. The standard InChI is InChI=1S/C25H17BrN4O/c26-18-11-12-22-20(14-18)24(17-7-2-1-3-8-17)29-25(28-22)30-27-15-21-19-9-5-4-6-16(19)10-13-23(21)31/h1-15,31H,(H,28,29,30)/b27-15-. The lowest BCUT2D eigenvalue weighted by Gasteiger charge is -2.09. The zero-order valence-electron chi connectivity index (χ0n) is 16.3. The van der Waals surface area contributed by atoms with Crippen molar-refractivity contribution in [1.82, 2.24) is 9.97 Å². The van der Waals surface area contributed by atoms with Crippen molar-refractivity contribution in [3.63, 3.8) is 0 Å². The zero-order chi connectivity index (χ0) is 21.2. The third-order valence-corrected chi connectivity index (χ3v) is 5.50. The van der Waals surface area contributed by atoms with Crippen LogP contribution < -0.4 is 5.43 Å². The van der Waals surface area contributed by atoms with Gasteiger partial charge in [0.2, 0.25) is 5.95 Å². The van der Waals surface area contributed by atoms with Gasteiger partial charge < -0.3 is 5.11 Å². The predicted molar refractivity (Wildman–Crippen MR) is 130 cm³/mol. The van der Waals surface area contributed by atoms with Crippen LogP contribution in [-0.2, 0) is 0 Å². The molecule has 150 valence electrons. The van der Waals surface area contributed by atoms with E-state index in [4.69, 9.17) is 4.98 Å². The Kier molecular flexibility index (Phi) is 5.06. The number of nitrogens with zero attached hydrogens (tertiary/aromatic N) is 3. The molecule has 5 nitrogen and oxygen atoms in total. The van der Waals surface area contributed by atoms with Gasteiger partial charge in [0.25, 0.3) is 0 Å². The number of hydrogen-bond donors (Lipinski definition) is 2. The molecule has 0 aliphatic rings. The van der Waals surface area contributed by atoms with E-state index >= 15 is 0 Å². The molecule has 0 amide bonds. The Morgan fingerprint density at radius 1 is 0.839 bits per heavy atom. The van der Waals surface area contributed by atoms with Gasteiger partial charge in [0, 0.05) is 21.0 Å². The second-order valence-electron chi connectivity index (χ2n) is 7.01. The summed E-state index contributed by atoms with van der Waals surface area (Å²) in [5, 5.41) is 17.5. The van der Waals surface area contributed by atoms with Crippen LogP contribution in [0.3, 0.4) is 0 Å². The molecule has 1 aromatic heterocycles. The van der Waals surface area contributed by atoms with Crippen LogP contribution in [0, 0.1) is 0 Å². The summed E-state index contributed by atoms with van der Waals surface area (Å²) >= 11 is 3.53. The van der Waals surface area contributed by atoms with Crippen molar-refractivity contribution < 1.29 is 5.11 Å². The number of rotatable bonds is 4. The number of hydrogen-bond acceptors (Lipinski definition) is 5. The molecule has 0 bridgehead atoms. The summed E-state index contributed by atoms with van der Waals surface area (Å²) in [6.45, 7) is 0. The Hall–Kier alpha value is -3.77. The van der Waals surface area contributed by atoms with Gasteiger partial charge in [0.1, 0.15) is 5.75 Å².